The van der Waals surface area contributed by atoms with Gasteiger partial charge in [0.25, 0.3) is 5.91 Å². The van der Waals surface area contributed by atoms with Crippen LogP contribution in [-0.2, 0) is 22.1 Å². The van der Waals surface area contributed by atoms with Crippen LogP contribution < -0.4 is 0 Å². The highest BCUT2D eigenvalue weighted by molar-refractivity contribution is 7.98. The normalized spacial score (nSPS) is 17.4. The summed E-state index contributed by atoms with van der Waals surface area (Å²) in [7, 11) is -3.23. The van der Waals surface area contributed by atoms with Gasteiger partial charge in [-0.15, -0.1) is 0 Å². The Kier molecular flexibility index (Phi) is 6.82. The van der Waals surface area contributed by atoms with E-state index >= 15 is 0 Å². The quantitative estimate of drug-likeness (QED) is 0.361. The Morgan fingerprint density at radius 2 is 2.09 bits per heavy atom. The highest BCUT2D eigenvalue weighted by atomic mass is 35.5. The lowest BCUT2D eigenvalue weighted by Crippen LogP contribution is -2.41. The molecule has 0 spiro atoms. The molecule has 0 aliphatic carbocycles. The van der Waals surface area contributed by atoms with Crippen molar-refractivity contribution in [3.05, 3.63) is 76.7 Å². The monoisotopic (exact) mass is 495 g/mol. The summed E-state index contributed by atoms with van der Waals surface area (Å²) in [6, 6.07) is 9.26. The number of carbonyl (C=O) groups excluding carboxylic acids is 1. The third kappa shape index (κ3) is 5.31. The fourth-order valence-electron chi connectivity index (χ4n) is 3.42. The summed E-state index contributed by atoms with van der Waals surface area (Å²) in [5.41, 5.74) is 0.452. The van der Waals surface area contributed by atoms with Gasteiger partial charge in [-0.25, -0.2) is 22.8 Å². The van der Waals surface area contributed by atoms with Gasteiger partial charge in [0.05, 0.1) is 35.5 Å². The van der Waals surface area contributed by atoms with Gasteiger partial charge in [-0.05, 0) is 30.2 Å². The number of furan rings is 1. The first-order valence-electron chi connectivity index (χ1n) is 9.75. The van der Waals surface area contributed by atoms with Crippen LogP contribution in [0.5, 0.6) is 0 Å². The number of nitrogens with zero attached hydrogens (tertiary/aromatic N) is 3. The molecule has 1 aliphatic rings. The van der Waals surface area contributed by atoms with Crippen LogP contribution in [0.15, 0.2) is 58.4 Å². The molecule has 3 heterocycles. The van der Waals surface area contributed by atoms with Crippen molar-refractivity contribution < 1.29 is 22.0 Å². The third-order valence-electron chi connectivity index (χ3n) is 5.06. The minimum Gasteiger partial charge on any atom is -0.467 e. The van der Waals surface area contributed by atoms with Gasteiger partial charge in [0.15, 0.2) is 20.7 Å². The first kappa shape index (κ1) is 22.8. The van der Waals surface area contributed by atoms with Crippen molar-refractivity contribution in [3.63, 3.8) is 0 Å². The van der Waals surface area contributed by atoms with E-state index in [0.29, 0.717) is 17.7 Å². The Bertz CT molecular complexity index is 1220. The molecule has 0 radical (unpaired) electrons. The van der Waals surface area contributed by atoms with Crippen LogP contribution in [0.25, 0.3) is 0 Å². The van der Waals surface area contributed by atoms with Crippen molar-refractivity contribution in [1.29, 1.82) is 0 Å². The van der Waals surface area contributed by atoms with E-state index in [9.17, 15) is 17.6 Å². The topological polar surface area (TPSA) is 93.4 Å². The molecule has 1 atom stereocenters. The molecule has 3 aromatic rings. The number of carbonyl (C=O) groups is 1. The summed E-state index contributed by atoms with van der Waals surface area (Å²) >= 11 is 7.41. The lowest BCUT2D eigenvalue weighted by molar-refractivity contribution is 0.0659. The third-order valence-corrected chi connectivity index (χ3v) is 7.99. The van der Waals surface area contributed by atoms with E-state index in [-0.39, 0.29) is 45.5 Å². The van der Waals surface area contributed by atoms with Crippen molar-refractivity contribution in [2.75, 3.05) is 11.5 Å². The molecular formula is C21H19ClFN3O4S2. The van der Waals surface area contributed by atoms with E-state index in [0.717, 1.165) is 0 Å². The van der Waals surface area contributed by atoms with E-state index in [1.165, 1.54) is 35.2 Å². The Balaban J connectivity index is 1.58. The molecule has 1 saturated heterocycles. The Morgan fingerprint density at radius 1 is 1.28 bits per heavy atom. The SMILES string of the molecule is O=C(c1nc(SCc2ccccc2F)ncc1Cl)N(Cc1ccco1)C1CCS(=O)(=O)C1. The number of rotatable bonds is 7. The number of halogens is 2. The van der Waals surface area contributed by atoms with Gasteiger partial charge in [0, 0.05) is 11.8 Å². The van der Waals surface area contributed by atoms with Crippen LogP contribution in [0.1, 0.15) is 28.2 Å². The number of hydrogen-bond acceptors (Lipinski definition) is 7. The van der Waals surface area contributed by atoms with Gasteiger partial charge in [-0.3, -0.25) is 4.79 Å². The van der Waals surface area contributed by atoms with Crippen LogP contribution in [0, 0.1) is 5.82 Å². The lowest BCUT2D eigenvalue weighted by atomic mass is 10.2. The highest BCUT2D eigenvalue weighted by Crippen LogP contribution is 2.27. The van der Waals surface area contributed by atoms with Gasteiger partial charge in [0.2, 0.25) is 0 Å². The molecule has 1 amide bonds. The molecule has 168 valence electrons. The van der Waals surface area contributed by atoms with Gasteiger partial charge in [-0.1, -0.05) is 41.6 Å². The van der Waals surface area contributed by atoms with Gasteiger partial charge in [0.1, 0.15) is 11.6 Å². The molecule has 1 unspecified atom stereocenters. The molecule has 7 nitrogen and oxygen atoms in total. The summed E-state index contributed by atoms with van der Waals surface area (Å²) in [5, 5.41) is 0.313. The smallest absolute Gasteiger partial charge is 0.274 e. The fourth-order valence-corrected chi connectivity index (χ4v) is 6.13. The maximum absolute atomic E-state index is 13.9. The number of hydrogen-bond donors (Lipinski definition) is 0. The zero-order valence-corrected chi connectivity index (χ0v) is 19.2. The van der Waals surface area contributed by atoms with Crippen LogP contribution in [0.3, 0.4) is 0 Å². The minimum absolute atomic E-state index is 0.0147. The number of thioether (sulfide) groups is 1. The first-order chi connectivity index (χ1) is 15.3. The second-order valence-corrected chi connectivity index (χ2v) is 10.9. The maximum Gasteiger partial charge on any atom is 0.274 e. The molecule has 0 saturated carbocycles. The maximum atomic E-state index is 13.9. The number of benzene rings is 1. The lowest BCUT2D eigenvalue weighted by Gasteiger charge is -2.27. The minimum atomic E-state index is -3.23. The molecular weight excluding hydrogens is 477 g/mol. The standard InChI is InChI=1S/C21H19ClFN3O4S2/c22-17-10-24-21(31-12-14-4-1-2-6-18(14)23)25-19(17)20(27)26(11-16-5-3-8-30-16)15-7-9-32(28,29)13-15/h1-6,8,10,15H,7,9,11-13H2. The second-order valence-electron chi connectivity index (χ2n) is 7.30. The Labute approximate surface area is 193 Å². The van der Waals surface area contributed by atoms with E-state index in [1.54, 1.807) is 30.3 Å². The molecule has 2 aromatic heterocycles. The predicted molar refractivity (Wildman–Crippen MR) is 119 cm³/mol. The number of aromatic nitrogens is 2. The van der Waals surface area contributed by atoms with E-state index in [1.807, 2.05) is 0 Å². The van der Waals surface area contributed by atoms with Gasteiger partial charge >= 0.3 is 0 Å². The first-order valence-corrected chi connectivity index (χ1v) is 12.9. The number of sulfone groups is 1. The zero-order valence-electron chi connectivity index (χ0n) is 16.8. The highest BCUT2D eigenvalue weighted by Gasteiger charge is 2.36. The Hall–Kier alpha value is -2.43. The number of amides is 1. The van der Waals surface area contributed by atoms with Gasteiger partial charge < -0.3 is 9.32 Å². The van der Waals surface area contributed by atoms with E-state index in [2.05, 4.69) is 9.97 Å². The van der Waals surface area contributed by atoms with Crippen LogP contribution in [0.2, 0.25) is 5.02 Å². The zero-order chi connectivity index (χ0) is 22.7. The average Bonchev–Trinajstić information content (AvgIpc) is 3.41. The molecule has 32 heavy (non-hydrogen) atoms. The summed E-state index contributed by atoms with van der Waals surface area (Å²) < 4.78 is 43.3. The fraction of sp³-hybridized carbons (Fsp3) is 0.286. The molecule has 4 rings (SSSR count). The van der Waals surface area contributed by atoms with Crippen molar-refractivity contribution in [1.82, 2.24) is 14.9 Å². The van der Waals surface area contributed by atoms with E-state index < -0.39 is 21.8 Å². The average molecular weight is 496 g/mol. The van der Waals surface area contributed by atoms with Crippen molar-refractivity contribution in [3.8, 4) is 0 Å². The Morgan fingerprint density at radius 3 is 2.78 bits per heavy atom. The van der Waals surface area contributed by atoms with Crippen molar-refractivity contribution >= 4 is 39.1 Å². The summed E-state index contributed by atoms with van der Waals surface area (Å²) in [5.74, 6) is -0.167. The van der Waals surface area contributed by atoms with Crippen LogP contribution >= 0.6 is 23.4 Å². The van der Waals surface area contributed by atoms with Gasteiger partial charge in [-0.2, -0.15) is 0 Å². The molecule has 0 N–H and O–H groups in total. The van der Waals surface area contributed by atoms with Crippen LogP contribution in [-0.4, -0.2) is 46.7 Å². The molecule has 11 heteroatoms. The predicted octanol–water partition coefficient (Wildman–Crippen LogP) is 3.98. The molecule has 0 bridgehead atoms. The van der Waals surface area contributed by atoms with Crippen LogP contribution in [0.4, 0.5) is 4.39 Å². The molecule has 1 aliphatic heterocycles. The second kappa shape index (κ2) is 9.60. The summed E-state index contributed by atoms with van der Waals surface area (Å²) in [4.78, 5) is 23.3. The summed E-state index contributed by atoms with van der Waals surface area (Å²) in [6.07, 6.45) is 3.13. The largest absolute Gasteiger partial charge is 0.467 e. The molecule has 1 fully saturated rings. The van der Waals surface area contributed by atoms with E-state index in [4.69, 9.17) is 16.0 Å². The molecule has 1 aromatic carbocycles. The van der Waals surface area contributed by atoms with Crippen molar-refractivity contribution in [2.45, 2.75) is 29.9 Å². The van der Waals surface area contributed by atoms with Crippen molar-refractivity contribution in [2.24, 2.45) is 0 Å². The summed E-state index contributed by atoms with van der Waals surface area (Å²) in [6.45, 7) is 0.0874.